The Bertz CT molecular complexity index is 702. The standard InChI is InChI=1S/C17H17FN2O2/c1-21-15-10-11(9-12(18)17(15)22-2)16(13-5-3-7-19-13)14-6-4-8-20-14/h3-10,16,19-20H,1-2H3. The smallest absolute Gasteiger partial charge is 0.196 e. The van der Waals surface area contributed by atoms with E-state index in [0.717, 1.165) is 17.0 Å². The van der Waals surface area contributed by atoms with Crippen molar-refractivity contribution in [2.24, 2.45) is 0 Å². The maximum absolute atomic E-state index is 14.3. The van der Waals surface area contributed by atoms with Crippen molar-refractivity contribution in [3.05, 3.63) is 71.6 Å². The molecule has 2 N–H and O–H groups in total. The number of halogens is 1. The maximum atomic E-state index is 14.3. The molecule has 0 amide bonds. The first-order chi connectivity index (χ1) is 10.7. The zero-order valence-corrected chi connectivity index (χ0v) is 12.4. The van der Waals surface area contributed by atoms with Crippen LogP contribution in [0.1, 0.15) is 22.9 Å². The topological polar surface area (TPSA) is 50.0 Å². The summed E-state index contributed by atoms with van der Waals surface area (Å²) in [6.45, 7) is 0. The van der Waals surface area contributed by atoms with Crippen molar-refractivity contribution in [3.63, 3.8) is 0 Å². The molecule has 0 unspecified atom stereocenters. The first kappa shape index (κ1) is 14.3. The summed E-state index contributed by atoms with van der Waals surface area (Å²) in [6.07, 6.45) is 3.70. The van der Waals surface area contributed by atoms with Gasteiger partial charge in [-0.2, -0.15) is 0 Å². The van der Waals surface area contributed by atoms with Crippen LogP contribution in [0.4, 0.5) is 4.39 Å². The molecule has 5 heteroatoms. The van der Waals surface area contributed by atoms with Crippen molar-refractivity contribution in [1.29, 1.82) is 0 Å². The predicted octanol–water partition coefficient (Wildman–Crippen LogP) is 3.68. The quantitative estimate of drug-likeness (QED) is 0.755. The number of hydrogen-bond acceptors (Lipinski definition) is 2. The van der Waals surface area contributed by atoms with Crippen LogP contribution in [0.3, 0.4) is 0 Å². The lowest BCUT2D eigenvalue weighted by Gasteiger charge is -2.18. The summed E-state index contributed by atoms with van der Waals surface area (Å²) >= 11 is 0. The van der Waals surface area contributed by atoms with E-state index in [1.165, 1.54) is 20.3 Å². The van der Waals surface area contributed by atoms with Gasteiger partial charge < -0.3 is 19.4 Å². The van der Waals surface area contributed by atoms with E-state index in [1.54, 1.807) is 6.07 Å². The third kappa shape index (κ3) is 2.45. The minimum atomic E-state index is -0.444. The number of nitrogens with one attached hydrogen (secondary N) is 2. The van der Waals surface area contributed by atoms with Gasteiger partial charge in [-0.05, 0) is 42.0 Å². The second-order valence-electron chi connectivity index (χ2n) is 4.92. The fourth-order valence-electron chi connectivity index (χ4n) is 2.68. The number of ether oxygens (including phenoxy) is 2. The van der Waals surface area contributed by atoms with Crippen LogP contribution in [-0.2, 0) is 0 Å². The van der Waals surface area contributed by atoms with Crippen LogP contribution in [0, 0.1) is 5.82 Å². The molecule has 0 aliphatic rings. The molecule has 0 aliphatic heterocycles. The summed E-state index contributed by atoms with van der Waals surface area (Å²) in [5.41, 5.74) is 2.71. The van der Waals surface area contributed by atoms with Gasteiger partial charge in [0.2, 0.25) is 0 Å². The molecule has 0 atom stereocenters. The maximum Gasteiger partial charge on any atom is 0.196 e. The summed E-state index contributed by atoms with van der Waals surface area (Å²) in [7, 11) is 2.92. The molecular formula is C17H17FN2O2. The summed E-state index contributed by atoms with van der Waals surface area (Å²) in [5.74, 6) is -0.0946. The Balaban J connectivity index is 2.15. The Hall–Kier alpha value is -2.69. The molecule has 22 heavy (non-hydrogen) atoms. The second-order valence-corrected chi connectivity index (χ2v) is 4.92. The Labute approximate surface area is 127 Å². The third-order valence-electron chi connectivity index (χ3n) is 3.66. The number of methoxy groups -OCH3 is 2. The monoisotopic (exact) mass is 300 g/mol. The van der Waals surface area contributed by atoms with E-state index in [4.69, 9.17) is 9.47 Å². The van der Waals surface area contributed by atoms with E-state index in [2.05, 4.69) is 9.97 Å². The largest absolute Gasteiger partial charge is 0.493 e. The Kier molecular flexibility index (Phi) is 3.87. The number of rotatable bonds is 5. The van der Waals surface area contributed by atoms with E-state index >= 15 is 0 Å². The minimum Gasteiger partial charge on any atom is -0.493 e. The molecular weight excluding hydrogens is 283 g/mol. The number of aromatic nitrogens is 2. The van der Waals surface area contributed by atoms with Crippen molar-refractivity contribution in [2.45, 2.75) is 5.92 Å². The fraction of sp³-hybridized carbons (Fsp3) is 0.176. The second kappa shape index (κ2) is 5.97. The third-order valence-corrected chi connectivity index (χ3v) is 3.66. The van der Waals surface area contributed by atoms with E-state index in [0.29, 0.717) is 5.75 Å². The Morgan fingerprint density at radius 1 is 0.955 bits per heavy atom. The highest BCUT2D eigenvalue weighted by Crippen LogP contribution is 2.37. The van der Waals surface area contributed by atoms with Crippen molar-refractivity contribution in [1.82, 2.24) is 9.97 Å². The predicted molar refractivity (Wildman–Crippen MR) is 82.0 cm³/mol. The van der Waals surface area contributed by atoms with Crippen LogP contribution in [-0.4, -0.2) is 24.2 Å². The lowest BCUT2D eigenvalue weighted by molar-refractivity contribution is 0.337. The summed E-state index contributed by atoms with van der Waals surface area (Å²) in [4.78, 5) is 6.39. The Morgan fingerprint density at radius 2 is 1.59 bits per heavy atom. The van der Waals surface area contributed by atoms with Crippen molar-refractivity contribution in [2.75, 3.05) is 14.2 Å². The van der Waals surface area contributed by atoms with Crippen LogP contribution in [0.25, 0.3) is 0 Å². The number of hydrogen-bond donors (Lipinski definition) is 2. The van der Waals surface area contributed by atoms with Gasteiger partial charge in [-0.15, -0.1) is 0 Å². The van der Waals surface area contributed by atoms with Gasteiger partial charge in [-0.1, -0.05) is 0 Å². The SMILES string of the molecule is COc1cc(C(c2ccc[nH]2)c2ccc[nH]2)cc(F)c1OC. The molecule has 2 aromatic heterocycles. The summed E-state index contributed by atoms with van der Waals surface area (Å²) in [6, 6.07) is 11.1. The highest BCUT2D eigenvalue weighted by atomic mass is 19.1. The van der Waals surface area contributed by atoms with E-state index in [9.17, 15) is 4.39 Å². The highest BCUT2D eigenvalue weighted by Gasteiger charge is 2.22. The van der Waals surface area contributed by atoms with Crippen molar-refractivity contribution < 1.29 is 13.9 Å². The van der Waals surface area contributed by atoms with Gasteiger partial charge in [-0.3, -0.25) is 0 Å². The molecule has 4 nitrogen and oxygen atoms in total. The molecule has 3 rings (SSSR count). The van der Waals surface area contributed by atoms with Gasteiger partial charge in [0.25, 0.3) is 0 Å². The first-order valence-electron chi connectivity index (χ1n) is 6.92. The highest BCUT2D eigenvalue weighted by molar-refractivity contribution is 5.49. The van der Waals surface area contributed by atoms with Crippen LogP contribution in [0.15, 0.2) is 48.8 Å². The number of aromatic amines is 2. The first-order valence-corrected chi connectivity index (χ1v) is 6.92. The molecule has 0 spiro atoms. The van der Waals surface area contributed by atoms with E-state index in [1.807, 2.05) is 36.7 Å². The zero-order chi connectivity index (χ0) is 15.5. The van der Waals surface area contributed by atoms with Crippen molar-refractivity contribution in [3.8, 4) is 11.5 Å². The molecule has 1 aromatic carbocycles. The van der Waals surface area contributed by atoms with Gasteiger partial charge >= 0.3 is 0 Å². The molecule has 3 aromatic rings. The Morgan fingerprint density at radius 3 is 2.05 bits per heavy atom. The van der Waals surface area contributed by atoms with E-state index in [-0.39, 0.29) is 11.7 Å². The average molecular weight is 300 g/mol. The minimum absolute atomic E-state index is 0.114. The summed E-state index contributed by atoms with van der Waals surface area (Å²) in [5, 5.41) is 0. The van der Waals surface area contributed by atoms with Crippen LogP contribution >= 0.6 is 0 Å². The summed E-state index contributed by atoms with van der Waals surface area (Å²) < 4.78 is 24.6. The molecule has 0 fully saturated rings. The average Bonchev–Trinajstić information content (AvgIpc) is 3.21. The fourth-order valence-corrected chi connectivity index (χ4v) is 2.68. The van der Waals surface area contributed by atoms with Gasteiger partial charge in [0.15, 0.2) is 17.3 Å². The van der Waals surface area contributed by atoms with Gasteiger partial charge in [-0.25, -0.2) is 4.39 Å². The van der Waals surface area contributed by atoms with E-state index < -0.39 is 5.82 Å². The van der Waals surface area contributed by atoms with Crippen LogP contribution < -0.4 is 9.47 Å². The number of H-pyrrole nitrogens is 2. The molecule has 0 aliphatic carbocycles. The van der Waals surface area contributed by atoms with Gasteiger partial charge in [0.1, 0.15) is 0 Å². The molecule has 0 saturated carbocycles. The zero-order valence-electron chi connectivity index (χ0n) is 12.4. The lowest BCUT2D eigenvalue weighted by atomic mass is 9.92. The number of benzene rings is 1. The lowest BCUT2D eigenvalue weighted by Crippen LogP contribution is -2.06. The van der Waals surface area contributed by atoms with Crippen LogP contribution in [0.5, 0.6) is 11.5 Å². The molecule has 114 valence electrons. The van der Waals surface area contributed by atoms with Gasteiger partial charge in [0.05, 0.1) is 20.1 Å². The van der Waals surface area contributed by atoms with Crippen molar-refractivity contribution >= 4 is 0 Å². The molecule has 0 bridgehead atoms. The molecule has 2 heterocycles. The normalized spacial score (nSPS) is 10.9. The van der Waals surface area contributed by atoms with Crippen LogP contribution in [0.2, 0.25) is 0 Å². The molecule has 0 saturated heterocycles. The molecule has 0 radical (unpaired) electrons. The van der Waals surface area contributed by atoms with Gasteiger partial charge in [0, 0.05) is 23.8 Å².